The molecule has 42 heteroatoms. The van der Waals surface area contributed by atoms with Crippen molar-refractivity contribution in [1.29, 1.82) is 0 Å². The van der Waals surface area contributed by atoms with Crippen molar-refractivity contribution in [3.63, 3.8) is 0 Å². The molecule has 4 fully saturated rings. The van der Waals surface area contributed by atoms with Gasteiger partial charge in [-0.25, -0.2) is 50.6 Å². The zero-order chi connectivity index (χ0) is 103. The molecule has 5 aromatic carbocycles. The highest BCUT2D eigenvalue weighted by Crippen LogP contribution is 2.37. The summed E-state index contributed by atoms with van der Waals surface area (Å²) >= 11 is 0. The zero-order valence-electron chi connectivity index (χ0n) is 78.0. The highest BCUT2D eigenvalue weighted by Gasteiger charge is 2.46. The average Bonchev–Trinajstić information content (AvgIpc) is 1.61. The van der Waals surface area contributed by atoms with Gasteiger partial charge in [-0.1, -0.05) is 83.5 Å². The lowest BCUT2D eigenvalue weighted by molar-refractivity contribution is -0.138. The summed E-state index contributed by atoms with van der Waals surface area (Å²) < 4.78 is 70.2. The number of aliphatic hydroxyl groups is 5. The number of sulfone groups is 1. The second-order valence-corrected chi connectivity index (χ2v) is 37.6. The molecule has 14 heterocycles. The number of halogens is 2. The van der Waals surface area contributed by atoms with Crippen LogP contribution in [0.25, 0.3) is 50.5 Å². The van der Waals surface area contributed by atoms with Crippen LogP contribution in [0.3, 0.4) is 0 Å². The Morgan fingerprint density at radius 1 is 0.393 bits per heavy atom. The van der Waals surface area contributed by atoms with Crippen LogP contribution in [0.1, 0.15) is 170 Å². The lowest BCUT2D eigenvalue weighted by Gasteiger charge is -2.15. The Labute approximate surface area is 825 Å². The standard InChI is InChI=1S/C23H16FN5O2.C20H15FN4O3.C20H20N4O5S.2C20H20N4O4/c24-16-3-4-17-18(13-16)29(28-20(17)22(25)30)19-12-14(7-11-26-19)5-8-23(31)9-6-15-2-1-10-27-21(15)23;21-13-3-4-14-15(11-13)25(24-18(14)19(22)27)17-10-12(6-9-23-17)5-8-20(28)7-1-2-16(20)26;1-23-9-8-20(27,19(23)26)7-5-13-3-2-4-14(11-13)24-16-12-30(28,29)10-6-15(16)17(22-24)18(21)25;1-23-9-8-20(27,19(23)26)7-5-13-3-2-4-14(11-13)24-16-6-10-28-12-15(16)17(22-24)18(21)25;1-23-9-8-20(27,19(23)26)7-5-13-3-2-4-14(11-13)24-16-12-28-10-6-15(16)17(22-24)18(21)25/h1-4,7,10-13,31H,6,9H2,(H2,25,30);3-4,6,9-11,28H,1-2,7H2,(H2,22,27);2-4,11,27H,6,8-10,12H2,1H3,(H2,21,25);2*2-4,11,27H,6,8-10,12H2,1H3,(H2,21,25)/t23-;4*20-/m01000/s1. The molecule has 145 heavy (non-hydrogen) atoms. The lowest BCUT2D eigenvalue weighted by Crippen LogP contribution is -2.37. The number of benzene rings is 5. The predicted molar refractivity (Wildman–Crippen MR) is 515 cm³/mol. The molecule has 0 spiro atoms. The van der Waals surface area contributed by atoms with Crippen LogP contribution in [0.4, 0.5) is 8.78 Å². The van der Waals surface area contributed by atoms with Gasteiger partial charge in [-0.15, -0.1) is 0 Å². The van der Waals surface area contributed by atoms with E-state index in [0.717, 1.165) is 28.2 Å². The number of fused-ring (bicyclic) bond motifs is 6. The molecule has 15 N–H and O–H groups in total. The number of rotatable bonds is 10. The molecule has 2 aliphatic carbocycles. The van der Waals surface area contributed by atoms with E-state index in [-0.39, 0.29) is 83.3 Å². The Hall–Kier alpha value is -17.1. The van der Waals surface area contributed by atoms with E-state index in [1.165, 1.54) is 77.5 Å². The van der Waals surface area contributed by atoms with Crippen LogP contribution in [-0.4, -0.2) is 248 Å². The minimum absolute atomic E-state index is 0.000786. The number of hydrogen-bond donors (Lipinski definition) is 10. The topological polar surface area (TPSA) is 575 Å². The third-order valence-corrected chi connectivity index (χ3v) is 27.0. The Balaban J connectivity index is 0.000000124. The summed E-state index contributed by atoms with van der Waals surface area (Å²) in [4.78, 5) is 124. The highest BCUT2D eigenvalue weighted by atomic mass is 32.2. The Kier molecular flexibility index (Phi) is 27.5. The first-order valence-electron chi connectivity index (χ1n) is 45.5. The molecule has 0 radical (unpaired) electrons. The van der Waals surface area contributed by atoms with Crippen LogP contribution in [0, 0.1) is 70.8 Å². The molecule has 13 aromatic rings. The fraction of sp³-hybridized carbons (Fsp3) is 0.272. The van der Waals surface area contributed by atoms with Gasteiger partial charge in [-0.2, -0.15) is 25.5 Å². The van der Waals surface area contributed by atoms with Crippen molar-refractivity contribution < 1.29 is 95.4 Å². The number of primary amides is 5. The number of carbonyl (C=O) groups is 9. The van der Waals surface area contributed by atoms with Crippen molar-refractivity contribution in [3.8, 4) is 87.9 Å². The molecule has 8 amide bonds. The number of hydrogen-bond acceptors (Lipinski definition) is 26. The monoisotopic (exact) mass is 1980 g/mol. The van der Waals surface area contributed by atoms with E-state index in [0.29, 0.717) is 186 Å². The van der Waals surface area contributed by atoms with E-state index in [4.69, 9.17) is 38.1 Å². The minimum Gasteiger partial charge on any atom is -0.376 e. The van der Waals surface area contributed by atoms with Gasteiger partial charge in [0.2, 0.25) is 16.8 Å². The molecule has 3 saturated heterocycles. The molecule has 6 aliphatic heterocycles. The van der Waals surface area contributed by atoms with Gasteiger partial charge in [0.05, 0.1) is 88.8 Å². The molecular weight excluding hydrogens is 1890 g/mol. The summed E-state index contributed by atoms with van der Waals surface area (Å²) in [5.41, 5.74) is 30.9. The second kappa shape index (κ2) is 40.1. The van der Waals surface area contributed by atoms with Crippen molar-refractivity contribution in [2.75, 3.05) is 59.7 Å². The molecule has 8 aliphatic rings. The molecule has 8 aromatic heterocycles. The van der Waals surface area contributed by atoms with Gasteiger partial charge < -0.3 is 78.4 Å². The van der Waals surface area contributed by atoms with Gasteiger partial charge >= 0.3 is 0 Å². The fourth-order valence-corrected chi connectivity index (χ4v) is 19.1. The summed E-state index contributed by atoms with van der Waals surface area (Å²) in [5.74, 6) is 22.5. The average molecular weight is 1980 g/mol. The van der Waals surface area contributed by atoms with Gasteiger partial charge in [0.1, 0.15) is 11.6 Å². The van der Waals surface area contributed by atoms with Crippen molar-refractivity contribution in [2.45, 2.75) is 118 Å². The summed E-state index contributed by atoms with van der Waals surface area (Å²) in [6.07, 6.45) is 9.19. The number of nitrogens with two attached hydrogens (primary N) is 5. The van der Waals surface area contributed by atoms with E-state index >= 15 is 0 Å². The number of Topliss-reactive ketones (excluding diaryl/α,β-unsaturated/α-hetero) is 1. The summed E-state index contributed by atoms with van der Waals surface area (Å²) in [6, 6.07) is 39.3. The van der Waals surface area contributed by atoms with Crippen molar-refractivity contribution >= 4 is 84.7 Å². The third-order valence-electron chi connectivity index (χ3n) is 25.4. The molecule has 0 bridgehead atoms. The maximum absolute atomic E-state index is 13.8. The summed E-state index contributed by atoms with van der Waals surface area (Å²) in [7, 11) is 1.58. The van der Waals surface area contributed by atoms with Gasteiger partial charge in [0.15, 0.2) is 66.9 Å². The number of carbonyl (C=O) groups excluding carboxylic acids is 9. The second-order valence-electron chi connectivity index (χ2n) is 35.4. The van der Waals surface area contributed by atoms with Crippen LogP contribution in [0.2, 0.25) is 0 Å². The Morgan fingerprint density at radius 3 is 1.24 bits per heavy atom. The normalized spacial score (nSPS) is 20.1. The molecule has 5 atom stereocenters. The maximum Gasteiger partial charge on any atom is 0.269 e. The molecule has 21 rings (SSSR count). The SMILES string of the molecule is CN1CC[C@@](O)(C#Cc2cccc(-n3nc(C(N)=O)c4c3CCOC4)c2)C1=O.CN1CC[C@@](O)(C#Cc2cccc(-n3nc(C(N)=O)c4c3COCC4)c2)C1=O.CN1CC[C@@](O)(C#Cc2cccc(-n3nc(C(N)=O)c4c3CS(=O)(=O)CC4)c2)C1=O.NC(=O)c1nn(-c2cc(C#C[C@]3(O)CCCC3=O)ccn2)c2cc(F)ccc12.NC(=O)c1nn(-c2cc(C#C[C@]3(O)CCc4cccnc43)ccn2)c2cc(F)ccc12. The zero-order valence-corrected chi connectivity index (χ0v) is 78.8. The first kappa shape index (κ1) is 99.4. The van der Waals surface area contributed by atoms with E-state index < -0.39 is 84.9 Å². The van der Waals surface area contributed by atoms with Crippen LogP contribution in [0.15, 0.2) is 164 Å². The van der Waals surface area contributed by atoms with E-state index in [9.17, 15) is 85.9 Å². The van der Waals surface area contributed by atoms with Gasteiger partial charge in [-0.3, -0.25) is 48.1 Å². The largest absolute Gasteiger partial charge is 0.376 e. The number of nitrogens with zero attached hydrogens (tertiary/aromatic N) is 16. The number of aryl methyl sites for hydroxylation is 1. The number of aromatic nitrogens is 13. The smallest absolute Gasteiger partial charge is 0.269 e. The number of ether oxygens (including phenoxy) is 2. The fourth-order valence-electron chi connectivity index (χ4n) is 17.7. The highest BCUT2D eigenvalue weighted by molar-refractivity contribution is 7.90. The van der Waals surface area contributed by atoms with Crippen LogP contribution >= 0.6 is 0 Å². The lowest BCUT2D eigenvalue weighted by atomic mass is 10.0. The van der Waals surface area contributed by atoms with E-state index in [1.807, 2.05) is 30.3 Å². The Bertz CT molecular complexity index is 7900. The molecule has 39 nitrogen and oxygen atoms in total. The van der Waals surface area contributed by atoms with E-state index in [1.54, 1.807) is 116 Å². The summed E-state index contributed by atoms with van der Waals surface area (Å²) in [5, 5.41) is 74.9. The number of likely N-dealkylation sites (N-methyl/N-ethyl adjacent to an activating group) is 3. The van der Waals surface area contributed by atoms with Crippen molar-refractivity contribution in [1.82, 2.24) is 78.6 Å². The van der Waals surface area contributed by atoms with Crippen molar-refractivity contribution in [3.05, 3.63) is 277 Å². The number of pyridine rings is 3. The van der Waals surface area contributed by atoms with Crippen LogP contribution < -0.4 is 28.7 Å². The third kappa shape index (κ3) is 20.6. The van der Waals surface area contributed by atoms with Crippen LogP contribution in [-0.2, 0) is 88.7 Å². The first-order chi connectivity index (χ1) is 69.2. The van der Waals surface area contributed by atoms with Crippen LogP contribution in [0.5, 0.6) is 0 Å². The predicted octanol–water partition coefficient (Wildman–Crippen LogP) is 3.10. The van der Waals surface area contributed by atoms with Gasteiger partial charge in [0.25, 0.3) is 47.3 Å². The van der Waals surface area contributed by atoms with Crippen molar-refractivity contribution in [2.24, 2.45) is 28.7 Å². The Morgan fingerprint density at radius 2 is 0.800 bits per heavy atom. The number of likely N-dealkylation sites (tertiary alicyclic amines) is 3. The maximum atomic E-state index is 13.8. The quantitative estimate of drug-likeness (QED) is 0.0879. The molecule has 736 valence electrons. The molecular formula is C103H91F2N21O18S. The number of ketones is 1. The number of amides is 8. The first-order valence-corrected chi connectivity index (χ1v) is 47.3. The molecule has 0 unspecified atom stereocenters. The molecule has 1 saturated carbocycles. The minimum atomic E-state index is -3.31. The van der Waals surface area contributed by atoms with Gasteiger partial charge in [-0.05, 0) is 147 Å². The van der Waals surface area contributed by atoms with Gasteiger partial charge in [0, 0.05) is 165 Å². The van der Waals surface area contributed by atoms with E-state index in [2.05, 4.69) is 99.6 Å². The summed E-state index contributed by atoms with van der Waals surface area (Å²) in [6.45, 7) is 3.07.